The maximum Gasteiger partial charge on any atom is 0.274 e. The molecule has 0 atom stereocenters. The summed E-state index contributed by atoms with van der Waals surface area (Å²) in [6, 6.07) is 1.81. The van der Waals surface area contributed by atoms with Gasteiger partial charge in [-0.25, -0.2) is 0 Å². The number of nitrogens with one attached hydrogen (secondary N) is 2. The van der Waals surface area contributed by atoms with Crippen molar-refractivity contribution in [2.75, 3.05) is 18.4 Å². The van der Waals surface area contributed by atoms with Gasteiger partial charge in [0.2, 0.25) is 5.91 Å². The summed E-state index contributed by atoms with van der Waals surface area (Å²) in [4.78, 5) is 23.6. The van der Waals surface area contributed by atoms with E-state index in [1.807, 2.05) is 13.0 Å². The number of pyridine rings is 1. The van der Waals surface area contributed by atoms with Gasteiger partial charge in [0.25, 0.3) is 5.56 Å². The van der Waals surface area contributed by atoms with Crippen molar-refractivity contribution in [1.82, 2.24) is 9.88 Å². The predicted octanol–water partition coefficient (Wildman–Crippen LogP) is 0.632. The van der Waals surface area contributed by atoms with Gasteiger partial charge in [-0.05, 0) is 43.9 Å². The minimum atomic E-state index is -0.175. The lowest BCUT2D eigenvalue weighted by Crippen LogP contribution is -2.32. The lowest BCUT2D eigenvalue weighted by Gasteiger charge is -2.09. The van der Waals surface area contributed by atoms with Crippen LogP contribution < -0.4 is 16.2 Å². The van der Waals surface area contributed by atoms with Crippen LogP contribution in [0.5, 0.6) is 0 Å². The van der Waals surface area contributed by atoms with E-state index in [2.05, 4.69) is 10.6 Å². The highest BCUT2D eigenvalue weighted by Crippen LogP contribution is 2.27. The van der Waals surface area contributed by atoms with Crippen LogP contribution in [0.1, 0.15) is 18.4 Å². The molecule has 0 radical (unpaired) electrons. The Kier molecular flexibility index (Phi) is 3.81. The number of aryl methyl sites for hydroxylation is 2. The number of anilines is 1. The van der Waals surface area contributed by atoms with Gasteiger partial charge in [0, 0.05) is 13.2 Å². The molecule has 98 valence electrons. The van der Waals surface area contributed by atoms with E-state index in [1.165, 1.54) is 17.4 Å². The molecular formula is C13H19N3O2. The second-order valence-electron chi connectivity index (χ2n) is 4.91. The first-order valence-corrected chi connectivity index (χ1v) is 6.24. The number of hydrogen-bond acceptors (Lipinski definition) is 3. The minimum Gasteiger partial charge on any atom is -0.320 e. The highest BCUT2D eigenvalue weighted by molar-refractivity contribution is 5.92. The Labute approximate surface area is 106 Å². The van der Waals surface area contributed by atoms with E-state index in [1.54, 1.807) is 13.2 Å². The van der Waals surface area contributed by atoms with E-state index in [9.17, 15) is 9.59 Å². The van der Waals surface area contributed by atoms with Crippen LogP contribution in [0.3, 0.4) is 0 Å². The van der Waals surface area contributed by atoms with Gasteiger partial charge in [-0.1, -0.05) is 0 Å². The van der Waals surface area contributed by atoms with Crippen molar-refractivity contribution in [3.8, 4) is 0 Å². The third-order valence-corrected chi connectivity index (χ3v) is 3.16. The number of carbonyl (C=O) groups is 1. The van der Waals surface area contributed by atoms with E-state index in [0.717, 1.165) is 18.0 Å². The Bertz CT molecular complexity index is 503. The van der Waals surface area contributed by atoms with Crippen molar-refractivity contribution >= 4 is 11.6 Å². The normalized spacial score (nSPS) is 14.6. The van der Waals surface area contributed by atoms with Crippen molar-refractivity contribution in [1.29, 1.82) is 0 Å². The smallest absolute Gasteiger partial charge is 0.274 e. The summed E-state index contributed by atoms with van der Waals surface area (Å²) in [6.07, 6.45) is 4.21. The van der Waals surface area contributed by atoms with Crippen molar-refractivity contribution in [2.24, 2.45) is 13.0 Å². The highest BCUT2D eigenvalue weighted by atomic mass is 16.2. The second kappa shape index (κ2) is 5.35. The molecule has 0 aromatic carbocycles. The standard InChI is InChI=1S/C13H19N3O2/c1-9-5-6-16(2)13(18)12(9)15-11(17)8-14-7-10-3-4-10/h5-6,10,14H,3-4,7-8H2,1-2H3,(H,15,17). The lowest BCUT2D eigenvalue weighted by atomic mass is 10.2. The third-order valence-electron chi connectivity index (χ3n) is 3.16. The zero-order valence-corrected chi connectivity index (χ0v) is 10.8. The zero-order chi connectivity index (χ0) is 13.1. The lowest BCUT2D eigenvalue weighted by molar-refractivity contribution is -0.115. The molecule has 5 nitrogen and oxygen atoms in total. The average molecular weight is 249 g/mol. The molecule has 2 rings (SSSR count). The van der Waals surface area contributed by atoms with Gasteiger partial charge < -0.3 is 15.2 Å². The average Bonchev–Trinajstić information content (AvgIpc) is 3.14. The van der Waals surface area contributed by atoms with E-state index in [4.69, 9.17) is 0 Å². The Morgan fingerprint density at radius 2 is 2.22 bits per heavy atom. The predicted molar refractivity (Wildman–Crippen MR) is 70.6 cm³/mol. The van der Waals surface area contributed by atoms with E-state index in [-0.39, 0.29) is 18.0 Å². The molecule has 18 heavy (non-hydrogen) atoms. The minimum absolute atomic E-state index is 0.165. The molecule has 1 saturated carbocycles. The van der Waals surface area contributed by atoms with E-state index >= 15 is 0 Å². The first-order chi connectivity index (χ1) is 8.58. The van der Waals surface area contributed by atoms with Crippen LogP contribution in [-0.2, 0) is 11.8 Å². The Hall–Kier alpha value is -1.62. The summed E-state index contributed by atoms with van der Waals surface area (Å²) in [6.45, 7) is 2.96. The van der Waals surface area contributed by atoms with E-state index < -0.39 is 0 Å². The summed E-state index contributed by atoms with van der Waals surface area (Å²) >= 11 is 0. The summed E-state index contributed by atoms with van der Waals surface area (Å²) in [7, 11) is 1.67. The Morgan fingerprint density at radius 1 is 1.50 bits per heavy atom. The molecule has 1 amide bonds. The summed E-state index contributed by atoms with van der Waals surface area (Å²) in [5.74, 6) is 0.575. The van der Waals surface area contributed by atoms with Gasteiger partial charge in [-0.15, -0.1) is 0 Å². The number of aromatic nitrogens is 1. The monoisotopic (exact) mass is 249 g/mol. The van der Waals surface area contributed by atoms with Crippen LogP contribution in [0.4, 0.5) is 5.69 Å². The van der Waals surface area contributed by atoms with Crippen molar-refractivity contribution < 1.29 is 4.79 Å². The molecule has 0 bridgehead atoms. The molecule has 1 aliphatic rings. The van der Waals surface area contributed by atoms with Crippen LogP contribution in [0.25, 0.3) is 0 Å². The fourth-order valence-electron chi connectivity index (χ4n) is 1.77. The maximum absolute atomic E-state index is 11.8. The topological polar surface area (TPSA) is 63.1 Å². The first-order valence-electron chi connectivity index (χ1n) is 6.24. The number of amides is 1. The molecule has 1 aromatic heterocycles. The molecule has 1 aliphatic carbocycles. The fourth-order valence-corrected chi connectivity index (χ4v) is 1.77. The van der Waals surface area contributed by atoms with Gasteiger partial charge in [0.15, 0.2) is 0 Å². The number of hydrogen-bond donors (Lipinski definition) is 2. The Balaban J connectivity index is 1.93. The van der Waals surface area contributed by atoms with Crippen molar-refractivity contribution in [2.45, 2.75) is 19.8 Å². The van der Waals surface area contributed by atoms with E-state index in [0.29, 0.717) is 5.69 Å². The summed E-state index contributed by atoms with van der Waals surface area (Å²) in [5, 5.41) is 5.78. The molecule has 0 spiro atoms. The van der Waals surface area contributed by atoms with Crippen LogP contribution in [0.15, 0.2) is 17.1 Å². The summed E-state index contributed by atoms with van der Waals surface area (Å²) in [5.41, 5.74) is 0.984. The van der Waals surface area contributed by atoms with Crippen LogP contribution >= 0.6 is 0 Å². The molecule has 0 aliphatic heterocycles. The molecular weight excluding hydrogens is 230 g/mol. The quantitative estimate of drug-likeness (QED) is 0.804. The molecule has 5 heteroatoms. The third kappa shape index (κ3) is 3.20. The van der Waals surface area contributed by atoms with Gasteiger partial charge >= 0.3 is 0 Å². The van der Waals surface area contributed by atoms with Crippen molar-refractivity contribution in [3.63, 3.8) is 0 Å². The molecule has 1 heterocycles. The number of carbonyl (C=O) groups excluding carboxylic acids is 1. The van der Waals surface area contributed by atoms with Gasteiger partial charge in [0.1, 0.15) is 5.69 Å². The van der Waals surface area contributed by atoms with Crippen LogP contribution in [0.2, 0.25) is 0 Å². The molecule has 1 aromatic rings. The Morgan fingerprint density at radius 3 is 2.89 bits per heavy atom. The fraction of sp³-hybridized carbons (Fsp3) is 0.538. The maximum atomic E-state index is 11.8. The SMILES string of the molecule is Cc1ccn(C)c(=O)c1NC(=O)CNCC1CC1. The molecule has 0 unspecified atom stereocenters. The number of rotatable bonds is 5. The van der Waals surface area contributed by atoms with Gasteiger partial charge in [-0.3, -0.25) is 9.59 Å². The number of nitrogens with zero attached hydrogens (tertiary/aromatic N) is 1. The van der Waals surface area contributed by atoms with Crippen LogP contribution in [0, 0.1) is 12.8 Å². The zero-order valence-electron chi connectivity index (χ0n) is 10.8. The largest absolute Gasteiger partial charge is 0.320 e. The van der Waals surface area contributed by atoms with Gasteiger partial charge in [-0.2, -0.15) is 0 Å². The van der Waals surface area contributed by atoms with Gasteiger partial charge in [0.05, 0.1) is 6.54 Å². The summed E-state index contributed by atoms with van der Waals surface area (Å²) < 4.78 is 1.46. The van der Waals surface area contributed by atoms with Crippen LogP contribution in [-0.4, -0.2) is 23.6 Å². The highest BCUT2D eigenvalue weighted by Gasteiger charge is 2.20. The van der Waals surface area contributed by atoms with Crippen molar-refractivity contribution in [3.05, 3.63) is 28.2 Å². The second-order valence-corrected chi connectivity index (χ2v) is 4.91. The molecule has 1 fully saturated rings. The molecule has 2 N–H and O–H groups in total. The molecule has 0 saturated heterocycles. The first kappa shape index (κ1) is 12.8.